The Bertz CT molecular complexity index is 138. The van der Waals surface area contributed by atoms with Crippen LogP contribution in [-0.2, 0) is 4.94 Å². The summed E-state index contributed by atoms with van der Waals surface area (Å²) in [5, 5.41) is 1.89. The third kappa shape index (κ3) is 1.41. The van der Waals surface area contributed by atoms with Gasteiger partial charge in [0.15, 0.2) is 0 Å². The van der Waals surface area contributed by atoms with Crippen LogP contribution in [0.4, 0.5) is 0 Å². The molecule has 0 aromatic carbocycles. The molecule has 66 valence electrons. The molecule has 1 aliphatic heterocycles. The minimum absolute atomic E-state index is 0.0816. The molecule has 0 atom stereocenters. The van der Waals surface area contributed by atoms with Crippen molar-refractivity contribution < 1.29 is 4.94 Å². The van der Waals surface area contributed by atoms with Crippen LogP contribution in [0.1, 0.15) is 40.5 Å². The molecule has 2 N–H and O–H groups in total. The molecule has 0 saturated carbocycles. The Labute approximate surface area is 68.4 Å². The van der Waals surface area contributed by atoms with Gasteiger partial charge < -0.3 is 0 Å². The number of hydrogen-bond donors (Lipinski definition) is 1. The van der Waals surface area contributed by atoms with Crippen LogP contribution >= 0.6 is 0 Å². The molecule has 1 saturated heterocycles. The zero-order valence-electron chi connectivity index (χ0n) is 7.85. The quantitative estimate of drug-likeness (QED) is 0.587. The van der Waals surface area contributed by atoms with Crippen molar-refractivity contribution in [1.82, 2.24) is 5.06 Å². The Morgan fingerprint density at radius 3 is 1.64 bits per heavy atom. The van der Waals surface area contributed by atoms with E-state index in [1.807, 2.05) is 5.06 Å². The predicted octanol–water partition coefficient (Wildman–Crippen LogP) is 1.44. The molecule has 0 amide bonds. The Morgan fingerprint density at radius 1 is 1.09 bits per heavy atom. The number of hydrogen-bond acceptors (Lipinski definition) is 3. The maximum Gasteiger partial charge on any atom is 0.0432 e. The van der Waals surface area contributed by atoms with Crippen LogP contribution in [0.2, 0.25) is 0 Å². The van der Waals surface area contributed by atoms with Gasteiger partial charge in [-0.3, -0.25) is 0 Å². The lowest BCUT2D eigenvalue weighted by molar-refractivity contribution is -0.244. The van der Waals surface area contributed by atoms with E-state index in [-0.39, 0.29) is 11.1 Å². The molecule has 1 aliphatic rings. The van der Waals surface area contributed by atoms with E-state index < -0.39 is 0 Å². The summed E-state index contributed by atoms with van der Waals surface area (Å²) in [5.74, 6) is 5.21. The number of hydroxylamine groups is 2. The van der Waals surface area contributed by atoms with Gasteiger partial charge in [0.05, 0.1) is 0 Å². The highest BCUT2D eigenvalue weighted by molar-refractivity contribution is 4.95. The SMILES string of the molecule is CC1(C)CCC(C)(C)N1ON. The third-order valence-corrected chi connectivity index (χ3v) is 2.55. The van der Waals surface area contributed by atoms with Crippen molar-refractivity contribution in [2.75, 3.05) is 0 Å². The second kappa shape index (κ2) is 2.44. The van der Waals surface area contributed by atoms with Gasteiger partial charge in [-0.2, -0.15) is 11.0 Å². The summed E-state index contributed by atoms with van der Waals surface area (Å²) in [4.78, 5) is 4.88. The van der Waals surface area contributed by atoms with E-state index in [0.717, 1.165) is 12.8 Å². The Morgan fingerprint density at radius 2 is 1.45 bits per heavy atom. The predicted molar refractivity (Wildman–Crippen MR) is 44.5 cm³/mol. The monoisotopic (exact) mass is 158 g/mol. The Hall–Kier alpha value is -0.120. The molecular weight excluding hydrogens is 140 g/mol. The second-order valence-corrected chi connectivity index (χ2v) is 4.52. The summed E-state index contributed by atoms with van der Waals surface area (Å²) in [7, 11) is 0. The maximum absolute atomic E-state index is 5.21. The maximum atomic E-state index is 5.21. The number of nitrogens with two attached hydrogens (primary N) is 1. The fraction of sp³-hybridized carbons (Fsp3) is 1.00. The first-order valence-corrected chi connectivity index (χ1v) is 4.07. The molecular formula is C8H18N2O. The van der Waals surface area contributed by atoms with E-state index in [1.54, 1.807) is 0 Å². The molecule has 0 aromatic heterocycles. The topological polar surface area (TPSA) is 38.5 Å². The Balaban J connectivity index is 2.80. The molecule has 0 aromatic rings. The van der Waals surface area contributed by atoms with Crippen LogP contribution in [0.5, 0.6) is 0 Å². The highest BCUT2D eigenvalue weighted by Gasteiger charge is 2.45. The fourth-order valence-corrected chi connectivity index (χ4v) is 1.92. The van der Waals surface area contributed by atoms with E-state index in [4.69, 9.17) is 10.8 Å². The molecule has 3 heteroatoms. The first-order valence-electron chi connectivity index (χ1n) is 4.07. The van der Waals surface area contributed by atoms with Crippen LogP contribution in [0, 0.1) is 0 Å². The van der Waals surface area contributed by atoms with Gasteiger partial charge in [0.25, 0.3) is 0 Å². The third-order valence-electron chi connectivity index (χ3n) is 2.55. The van der Waals surface area contributed by atoms with Crippen molar-refractivity contribution in [3.63, 3.8) is 0 Å². The number of nitrogens with zero attached hydrogens (tertiary/aromatic N) is 1. The summed E-state index contributed by atoms with van der Waals surface area (Å²) in [5.41, 5.74) is 0.163. The van der Waals surface area contributed by atoms with E-state index in [0.29, 0.717) is 0 Å². The van der Waals surface area contributed by atoms with Crippen molar-refractivity contribution in [3.8, 4) is 0 Å². The summed E-state index contributed by atoms with van der Waals surface area (Å²) in [6.45, 7) is 8.59. The normalized spacial score (nSPS) is 29.2. The standard InChI is InChI=1S/C8H18N2O/c1-7(2)5-6-8(3,4)10(7)11-9/h5-6,9H2,1-4H3. The molecule has 11 heavy (non-hydrogen) atoms. The van der Waals surface area contributed by atoms with Crippen LogP contribution < -0.4 is 5.90 Å². The highest BCUT2D eigenvalue weighted by atomic mass is 16.8. The molecule has 1 rings (SSSR count). The lowest BCUT2D eigenvalue weighted by Crippen LogP contribution is -2.49. The average molecular weight is 158 g/mol. The van der Waals surface area contributed by atoms with Crippen molar-refractivity contribution in [3.05, 3.63) is 0 Å². The lowest BCUT2D eigenvalue weighted by atomic mass is 10.0. The summed E-state index contributed by atoms with van der Waals surface area (Å²) in [6.07, 6.45) is 2.27. The van der Waals surface area contributed by atoms with Crippen LogP contribution in [0.25, 0.3) is 0 Å². The van der Waals surface area contributed by atoms with Gasteiger partial charge in [-0.1, -0.05) is 0 Å². The lowest BCUT2D eigenvalue weighted by Gasteiger charge is -2.36. The molecule has 1 heterocycles. The fourth-order valence-electron chi connectivity index (χ4n) is 1.92. The number of rotatable bonds is 1. The zero-order valence-corrected chi connectivity index (χ0v) is 7.85. The van der Waals surface area contributed by atoms with Gasteiger partial charge in [-0.15, -0.1) is 0 Å². The van der Waals surface area contributed by atoms with Gasteiger partial charge in [0.2, 0.25) is 0 Å². The molecule has 3 nitrogen and oxygen atoms in total. The van der Waals surface area contributed by atoms with E-state index in [1.165, 1.54) is 0 Å². The molecule has 0 unspecified atom stereocenters. The smallest absolute Gasteiger partial charge is 0.0432 e. The van der Waals surface area contributed by atoms with Gasteiger partial charge in [0.1, 0.15) is 0 Å². The highest BCUT2D eigenvalue weighted by Crippen LogP contribution is 2.39. The van der Waals surface area contributed by atoms with Crippen molar-refractivity contribution in [2.45, 2.75) is 51.6 Å². The van der Waals surface area contributed by atoms with Crippen molar-refractivity contribution in [2.24, 2.45) is 5.90 Å². The van der Waals surface area contributed by atoms with Crippen molar-refractivity contribution in [1.29, 1.82) is 0 Å². The zero-order chi connectivity index (χ0) is 8.70. The van der Waals surface area contributed by atoms with Crippen molar-refractivity contribution >= 4 is 0 Å². The van der Waals surface area contributed by atoms with E-state index in [2.05, 4.69) is 27.7 Å². The van der Waals surface area contributed by atoms with Crippen LogP contribution in [0.3, 0.4) is 0 Å². The van der Waals surface area contributed by atoms with Gasteiger partial charge in [0, 0.05) is 11.1 Å². The molecule has 1 fully saturated rings. The molecule has 0 radical (unpaired) electrons. The van der Waals surface area contributed by atoms with Gasteiger partial charge >= 0.3 is 0 Å². The van der Waals surface area contributed by atoms with E-state index in [9.17, 15) is 0 Å². The molecule has 0 spiro atoms. The molecule has 0 aliphatic carbocycles. The van der Waals surface area contributed by atoms with Crippen LogP contribution in [-0.4, -0.2) is 16.1 Å². The first-order chi connectivity index (χ1) is 4.90. The molecule has 0 bridgehead atoms. The summed E-state index contributed by atoms with van der Waals surface area (Å²) >= 11 is 0. The average Bonchev–Trinajstić information content (AvgIpc) is 2.03. The van der Waals surface area contributed by atoms with E-state index >= 15 is 0 Å². The van der Waals surface area contributed by atoms with Crippen LogP contribution in [0.15, 0.2) is 0 Å². The summed E-state index contributed by atoms with van der Waals surface area (Å²) in [6, 6.07) is 0. The first kappa shape index (κ1) is 8.97. The summed E-state index contributed by atoms with van der Waals surface area (Å²) < 4.78 is 0. The second-order valence-electron chi connectivity index (χ2n) is 4.52. The van der Waals surface area contributed by atoms with Gasteiger partial charge in [-0.05, 0) is 40.5 Å². The minimum Gasteiger partial charge on any atom is -0.213 e. The van der Waals surface area contributed by atoms with Gasteiger partial charge in [-0.25, -0.2) is 4.94 Å². The largest absolute Gasteiger partial charge is 0.213 e. The Kier molecular flexibility index (Phi) is 1.99. The minimum atomic E-state index is 0.0816.